The van der Waals surface area contributed by atoms with E-state index in [4.69, 9.17) is 11.6 Å². The summed E-state index contributed by atoms with van der Waals surface area (Å²) in [5.74, 6) is 0. The molecule has 6 nitrogen and oxygen atoms in total. The summed E-state index contributed by atoms with van der Waals surface area (Å²) >= 11 is 6.09. The van der Waals surface area contributed by atoms with E-state index < -0.39 is 10.0 Å². The van der Waals surface area contributed by atoms with Crippen molar-refractivity contribution in [3.05, 3.63) is 77.6 Å². The Morgan fingerprint density at radius 2 is 1.64 bits per heavy atom. The predicted octanol–water partition coefficient (Wildman–Crippen LogP) is 3.03. The van der Waals surface area contributed by atoms with E-state index in [1.807, 2.05) is 29.1 Å². The van der Waals surface area contributed by atoms with Crippen LogP contribution in [-0.4, -0.2) is 53.6 Å². The zero-order valence-electron chi connectivity index (χ0n) is 15.3. The Morgan fingerprint density at radius 1 is 0.929 bits per heavy atom. The fourth-order valence-corrected chi connectivity index (χ4v) is 5.27. The maximum absolute atomic E-state index is 12.8. The van der Waals surface area contributed by atoms with Crippen LogP contribution in [0.25, 0.3) is 5.69 Å². The van der Waals surface area contributed by atoms with Crippen LogP contribution in [0.15, 0.2) is 71.9 Å². The second-order valence-corrected chi connectivity index (χ2v) is 9.04. The number of halogens is 1. The number of hydrogen-bond acceptors (Lipinski definition) is 4. The van der Waals surface area contributed by atoms with E-state index in [0.717, 1.165) is 12.2 Å². The quantitative estimate of drug-likeness (QED) is 0.641. The molecule has 1 aliphatic rings. The monoisotopic (exact) mass is 416 g/mol. The van der Waals surface area contributed by atoms with Crippen molar-refractivity contribution in [2.45, 2.75) is 11.4 Å². The minimum absolute atomic E-state index is 0.180. The second kappa shape index (κ2) is 8.05. The lowest BCUT2D eigenvalue weighted by Gasteiger charge is -2.34. The minimum Gasteiger partial charge on any atom is -0.296 e. The summed E-state index contributed by atoms with van der Waals surface area (Å²) in [6.45, 7) is 3.08. The molecule has 8 heteroatoms. The molecule has 1 aromatic heterocycles. The van der Waals surface area contributed by atoms with Gasteiger partial charge in [-0.05, 0) is 35.9 Å². The summed E-state index contributed by atoms with van der Waals surface area (Å²) in [6.07, 6.45) is 3.66. The van der Waals surface area contributed by atoms with E-state index in [-0.39, 0.29) is 9.92 Å². The van der Waals surface area contributed by atoms with Crippen molar-refractivity contribution in [2.24, 2.45) is 0 Å². The predicted molar refractivity (Wildman–Crippen MR) is 109 cm³/mol. The lowest BCUT2D eigenvalue weighted by Crippen LogP contribution is -2.48. The van der Waals surface area contributed by atoms with Crippen LogP contribution in [0, 0.1) is 0 Å². The third-order valence-corrected chi connectivity index (χ3v) is 7.30. The number of sulfonamides is 1. The number of piperazine rings is 1. The molecule has 1 saturated heterocycles. The van der Waals surface area contributed by atoms with Crippen molar-refractivity contribution >= 4 is 21.6 Å². The first-order chi connectivity index (χ1) is 13.5. The van der Waals surface area contributed by atoms with Crippen molar-refractivity contribution in [1.82, 2.24) is 19.0 Å². The van der Waals surface area contributed by atoms with Crippen molar-refractivity contribution in [2.75, 3.05) is 26.2 Å². The highest BCUT2D eigenvalue weighted by atomic mass is 35.5. The molecule has 1 fully saturated rings. The highest BCUT2D eigenvalue weighted by molar-refractivity contribution is 7.89. The average Bonchev–Trinajstić information content (AvgIpc) is 3.24. The molecule has 0 unspecified atom stereocenters. The standard InChI is InChI=1S/C20H21ClN4O2S/c21-19-4-1-2-5-20(19)28(26,27)24-14-12-23(13-15-24)16-17-6-8-18(9-7-17)25-11-3-10-22-25/h1-11H,12-16H2. The van der Waals surface area contributed by atoms with Crippen molar-refractivity contribution in [3.8, 4) is 5.69 Å². The van der Waals surface area contributed by atoms with Gasteiger partial charge < -0.3 is 0 Å². The van der Waals surface area contributed by atoms with Gasteiger partial charge >= 0.3 is 0 Å². The Balaban J connectivity index is 1.37. The fourth-order valence-electron chi connectivity index (χ4n) is 3.35. The van der Waals surface area contributed by atoms with Crippen LogP contribution >= 0.6 is 11.6 Å². The maximum Gasteiger partial charge on any atom is 0.244 e. The first-order valence-corrected chi connectivity index (χ1v) is 10.9. The first-order valence-electron chi connectivity index (χ1n) is 9.10. The van der Waals surface area contributed by atoms with Crippen LogP contribution in [0.5, 0.6) is 0 Å². The second-order valence-electron chi connectivity index (χ2n) is 6.73. The first kappa shape index (κ1) is 19.1. The van der Waals surface area contributed by atoms with Gasteiger partial charge in [-0.1, -0.05) is 35.9 Å². The third kappa shape index (κ3) is 3.98. The Kier molecular flexibility index (Phi) is 5.50. The summed E-state index contributed by atoms with van der Waals surface area (Å²) in [6, 6.07) is 16.8. The van der Waals surface area contributed by atoms with E-state index in [2.05, 4.69) is 22.1 Å². The minimum atomic E-state index is -3.55. The normalized spacial score (nSPS) is 16.3. The molecule has 146 valence electrons. The van der Waals surface area contributed by atoms with Gasteiger partial charge in [0, 0.05) is 45.1 Å². The molecular formula is C20H21ClN4O2S. The van der Waals surface area contributed by atoms with Crippen LogP contribution in [-0.2, 0) is 16.6 Å². The molecular weight excluding hydrogens is 396 g/mol. The Hall–Kier alpha value is -2.19. The summed E-state index contributed by atoms with van der Waals surface area (Å²) in [5.41, 5.74) is 2.21. The van der Waals surface area contributed by atoms with Crippen molar-refractivity contribution < 1.29 is 8.42 Å². The van der Waals surface area contributed by atoms with Crippen molar-refractivity contribution in [1.29, 1.82) is 0 Å². The molecule has 2 heterocycles. The number of aromatic nitrogens is 2. The SMILES string of the molecule is O=S(=O)(c1ccccc1Cl)N1CCN(Cc2ccc(-n3cccn3)cc2)CC1. The Morgan fingerprint density at radius 3 is 2.29 bits per heavy atom. The van der Waals surface area contributed by atoms with Crippen molar-refractivity contribution in [3.63, 3.8) is 0 Å². The summed E-state index contributed by atoms with van der Waals surface area (Å²) in [4.78, 5) is 2.45. The van der Waals surface area contributed by atoms with Gasteiger partial charge in [-0.2, -0.15) is 9.40 Å². The van der Waals surface area contributed by atoms with E-state index >= 15 is 0 Å². The Labute approximate surface area is 170 Å². The van der Waals surface area contributed by atoms with Gasteiger partial charge in [0.1, 0.15) is 4.90 Å². The lowest BCUT2D eigenvalue weighted by atomic mass is 10.2. The largest absolute Gasteiger partial charge is 0.296 e. The molecule has 4 rings (SSSR count). The molecule has 2 aromatic carbocycles. The van der Waals surface area contributed by atoms with E-state index in [9.17, 15) is 8.42 Å². The van der Waals surface area contributed by atoms with Gasteiger partial charge in [0.15, 0.2) is 0 Å². The van der Waals surface area contributed by atoms with Gasteiger partial charge in [0.05, 0.1) is 10.7 Å². The summed E-state index contributed by atoms with van der Waals surface area (Å²) in [5, 5.41) is 4.49. The van der Waals surface area contributed by atoms with E-state index in [1.54, 1.807) is 30.5 Å². The molecule has 0 spiro atoms. The number of benzene rings is 2. The third-order valence-electron chi connectivity index (χ3n) is 4.90. The van der Waals surface area contributed by atoms with Gasteiger partial charge in [-0.3, -0.25) is 4.90 Å². The number of nitrogens with zero attached hydrogens (tertiary/aromatic N) is 4. The van der Waals surface area contributed by atoms with Crippen LogP contribution in [0.3, 0.4) is 0 Å². The number of hydrogen-bond donors (Lipinski definition) is 0. The van der Waals surface area contributed by atoms with Gasteiger partial charge in [0.2, 0.25) is 10.0 Å². The molecule has 0 amide bonds. The van der Waals surface area contributed by atoms with Gasteiger partial charge in [-0.25, -0.2) is 13.1 Å². The van der Waals surface area contributed by atoms with Gasteiger partial charge in [-0.15, -0.1) is 0 Å². The smallest absolute Gasteiger partial charge is 0.244 e. The lowest BCUT2D eigenvalue weighted by molar-refractivity contribution is 0.181. The summed E-state index contributed by atoms with van der Waals surface area (Å²) in [7, 11) is -3.55. The average molecular weight is 417 g/mol. The highest BCUT2D eigenvalue weighted by Crippen LogP contribution is 2.25. The molecule has 0 atom stereocenters. The highest BCUT2D eigenvalue weighted by Gasteiger charge is 2.29. The maximum atomic E-state index is 12.8. The zero-order valence-corrected chi connectivity index (χ0v) is 16.9. The van der Waals surface area contributed by atoms with E-state index in [0.29, 0.717) is 26.2 Å². The van der Waals surface area contributed by atoms with E-state index in [1.165, 1.54) is 9.87 Å². The molecule has 28 heavy (non-hydrogen) atoms. The molecule has 0 radical (unpaired) electrons. The molecule has 0 bridgehead atoms. The molecule has 0 N–H and O–H groups in total. The van der Waals surface area contributed by atoms with Gasteiger partial charge in [0.25, 0.3) is 0 Å². The molecule has 1 aliphatic heterocycles. The summed E-state index contributed by atoms with van der Waals surface area (Å²) < 4.78 is 29.0. The Bertz CT molecular complexity index is 1030. The fraction of sp³-hybridized carbons (Fsp3) is 0.250. The van der Waals surface area contributed by atoms with Crippen LogP contribution < -0.4 is 0 Å². The molecule has 0 aliphatic carbocycles. The topological polar surface area (TPSA) is 58.4 Å². The molecule has 3 aromatic rings. The van der Waals surface area contributed by atoms with Crippen LogP contribution in [0.1, 0.15) is 5.56 Å². The van der Waals surface area contributed by atoms with Crippen LogP contribution in [0.2, 0.25) is 5.02 Å². The molecule has 0 saturated carbocycles. The zero-order chi connectivity index (χ0) is 19.6. The number of rotatable bonds is 5. The van der Waals surface area contributed by atoms with Crippen LogP contribution in [0.4, 0.5) is 0 Å².